The maximum atomic E-state index is 4.89. The van der Waals surface area contributed by atoms with Crippen LogP contribution in [0, 0.1) is 0 Å². The minimum absolute atomic E-state index is 0.982. The lowest BCUT2D eigenvalue weighted by atomic mass is 9.99. The third-order valence-corrected chi connectivity index (χ3v) is 4.39. The molecule has 0 spiro atoms. The van der Waals surface area contributed by atoms with Crippen molar-refractivity contribution in [1.29, 1.82) is 0 Å². The summed E-state index contributed by atoms with van der Waals surface area (Å²) in [6, 6.07) is 27.4. The molecule has 5 aromatic rings. The summed E-state index contributed by atoms with van der Waals surface area (Å²) < 4.78 is 2.18. The van der Waals surface area contributed by atoms with E-state index in [1.165, 1.54) is 27.4 Å². The molecule has 0 N–H and O–H groups in total. The Balaban J connectivity index is 2.06. The van der Waals surface area contributed by atoms with Crippen LogP contribution >= 0.6 is 0 Å². The van der Waals surface area contributed by atoms with Gasteiger partial charge in [-0.25, -0.2) is 4.98 Å². The van der Waals surface area contributed by atoms with Crippen molar-refractivity contribution in [2.24, 2.45) is 0 Å². The number of benzene rings is 3. The van der Waals surface area contributed by atoms with E-state index >= 15 is 0 Å². The zero-order valence-corrected chi connectivity index (χ0v) is 12.5. The molecule has 0 bridgehead atoms. The Bertz CT molecular complexity index is 1150. The summed E-state index contributed by atoms with van der Waals surface area (Å²) in [6.45, 7) is 0. The van der Waals surface area contributed by atoms with Crippen molar-refractivity contribution in [1.82, 2.24) is 9.38 Å². The summed E-state index contributed by atoms with van der Waals surface area (Å²) >= 11 is 0. The third kappa shape index (κ3) is 1.78. The zero-order valence-electron chi connectivity index (χ0n) is 12.5. The minimum Gasteiger partial charge on any atom is -0.299 e. The Morgan fingerprint density at radius 2 is 1.52 bits per heavy atom. The molecule has 0 saturated carbocycles. The number of rotatable bonds is 1. The maximum Gasteiger partial charge on any atom is 0.137 e. The van der Waals surface area contributed by atoms with Crippen LogP contribution in [0.15, 0.2) is 85.1 Å². The first kappa shape index (κ1) is 12.4. The van der Waals surface area contributed by atoms with Gasteiger partial charge in [0.25, 0.3) is 0 Å². The van der Waals surface area contributed by atoms with Gasteiger partial charge < -0.3 is 0 Å². The molecule has 5 rings (SSSR count). The highest BCUT2D eigenvalue weighted by atomic mass is 15.0. The second-order valence-corrected chi connectivity index (χ2v) is 5.75. The Morgan fingerprint density at radius 3 is 2.43 bits per heavy atom. The van der Waals surface area contributed by atoms with Crippen molar-refractivity contribution in [3.05, 3.63) is 85.1 Å². The van der Waals surface area contributed by atoms with Gasteiger partial charge in [-0.3, -0.25) is 4.40 Å². The summed E-state index contributed by atoms with van der Waals surface area (Å²) in [6.07, 6.45) is 2.09. The van der Waals surface area contributed by atoms with Crippen LogP contribution in [0.2, 0.25) is 0 Å². The Kier molecular flexibility index (Phi) is 2.53. The van der Waals surface area contributed by atoms with E-state index in [9.17, 15) is 0 Å². The molecular formula is C21H14N2. The van der Waals surface area contributed by atoms with Gasteiger partial charge >= 0.3 is 0 Å². The predicted molar refractivity (Wildman–Crippen MR) is 95.6 cm³/mol. The lowest BCUT2D eigenvalue weighted by Crippen LogP contribution is -1.87. The molecule has 0 atom stereocenters. The van der Waals surface area contributed by atoms with Gasteiger partial charge in [-0.05, 0) is 29.1 Å². The molecule has 0 radical (unpaired) electrons. The molecule has 0 fully saturated rings. The molecule has 108 valence electrons. The van der Waals surface area contributed by atoms with Crippen molar-refractivity contribution in [2.45, 2.75) is 0 Å². The number of hydrogen-bond donors (Lipinski definition) is 0. The van der Waals surface area contributed by atoms with E-state index in [2.05, 4.69) is 83.4 Å². The number of imidazole rings is 1. The van der Waals surface area contributed by atoms with Crippen molar-refractivity contribution >= 4 is 27.5 Å². The lowest BCUT2D eigenvalue weighted by molar-refractivity contribution is 1.23. The second kappa shape index (κ2) is 4.68. The van der Waals surface area contributed by atoms with Crippen molar-refractivity contribution in [2.75, 3.05) is 0 Å². The number of aromatic nitrogens is 2. The fourth-order valence-corrected chi connectivity index (χ4v) is 3.34. The van der Waals surface area contributed by atoms with Crippen LogP contribution in [0.1, 0.15) is 0 Å². The first-order valence-electron chi connectivity index (χ1n) is 7.76. The molecule has 0 aliphatic rings. The summed E-state index contributed by atoms with van der Waals surface area (Å²) in [5.41, 5.74) is 5.65. The van der Waals surface area contributed by atoms with Gasteiger partial charge in [0.1, 0.15) is 5.65 Å². The van der Waals surface area contributed by atoms with E-state index < -0.39 is 0 Å². The maximum absolute atomic E-state index is 4.89. The van der Waals surface area contributed by atoms with E-state index in [-0.39, 0.29) is 0 Å². The van der Waals surface area contributed by atoms with Crippen molar-refractivity contribution in [3.63, 3.8) is 0 Å². The highest BCUT2D eigenvalue weighted by Gasteiger charge is 2.13. The van der Waals surface area contributed by atoms with E-state index in [1.807, 2.05) is 6.07 Å². The van der Waals surface area contributed by atoms with Crippen LogP contribution in [-0.4, -0.2) is 9.38 Å². The quantitative estimate of drug-likeness (QED) is 0.409. The van der Waals surface area contributed by atoms with Crippen LogP contribution in [0.4, 0.5) is 0 Å². The average molecular weight is 294 g/mol. The SMILES string of the molecule is c1ccc(-c2cc3ccccc3c3nc4ccccn4c23)cc1. The molecule has 2 heteroatoms. The second-order valence-electron chi connectivity index (χ2n) is 5.75. The molecule has 23 heavy (non-hydrogen) atoms. The Morgan fingerprint density at radius 1 is 0.739 bits per heavy atom. The molecule has 0 unspecified atom stereocenters. The molecule has 2 aromatic heterocycles. The van der Waals surface area contributed by atoms with Crippen molar-refractivity contribution in [3.8, 4) is 11.1 Å². The van der Waals surface area contributed by atoms with Gasteiger partial charge in [0, 0.05) is 17.1 Å². The fraction of sp³-hybridized carbons (Fsp3) is 0. The van der Waals surface area contributed by atoms with Crippen LogP contribution in [-0.2, 0) is 0 Å². The molecule has 2 heterocycles. The largest absolute Gasteiger partial charge is 0.299 e. The summed E-state index contributed by atoms with van der Waals surface area (Å²) in [5, 5.41) is 2.42. The summed E-state index contributed by atoms with van der Waals surface area (Å²) in [5.74, 6) is 0. The van der Waals surface area contributed by atoms with Gasteiger partial charge in [-0.15, -0.1) is 0 Å². The normalized spacial score (nSPS) is 11.5. The molecule has 3 aromatic carbocycles. The Labute approximate surface area is 133 Å². The fourth-order valence-electron chi connectivity index (χ4n) is 3.34. The summed E-state index contributed by atoms with van der Waals surface area (Å²) in [7, 11) is 0. The molecule has 0 amide bonds. The number of pyridine rings is 1. The van der Waals surface area contributed by atoms with Crippen molar-refractivity contribution < 1.29 is 0 Å². The molecule has 2 nitrogen and oxygen atoms in total. The number of hydrogen-bond acceptors (Lipinski definition) is 1. The minimum atomic E-state index is 0.982. The molecule has 0 aliphatic carbocycles. The zero-order chi connectivity index (χ0) is 15.2. The lowest BCUT2D eigenvalue weighted by Gasteiger charge is -2.08. The Hall–Kier alpha value is -3.13. The molecule has 0 saturated heterocycles. The topological polar surface area (TPSA) is 17.3 Å². The third-order valence-electron chi connectivity index (χ3n) is 4.39. The van der Waals surface area contributed by atoms with Gasteiger partial charge in [0.05, 0.1) is 11.0 Å². The summed E-state index contributed by atoms with van der Waals surface area (Å²) in [4.78, 5) is 4.89. The van der Waals surface area contributed by atoms with E-state index in [0.717, 1.165) is 11.2 Å². The molecule has 0 aliphatic heterocycles. The van der Waals surface area contributed by atoms with Crippen LogP contribution in [0.3, 0.4) is 0 Å². The number of nitrogens with zero attached hydrogens (tertiary/aromatic N) is 2. The van der Waals surface area contributed by atoms with Gasteiger partial charge in [0.15, 0.2) is 0 Å². The van der Waals surface area contributed by atoms with Gasteiger partial charge in [0.2, 0.25) is 0 Å². The number of fused-ring (bicyclic) bond motifs is 5. The van der Waals surface area contributed by atoms with E-state index in [4.69, 9.17) is 4.98 Å². The van der Waals surface area contributed by atoms with Crippen LogP contribution in [0.25, 0.3) is 38.6 Å². The first-order valence-corrected chi connectivity index (χ1v) is 7.76. The van der Waals surface area contributed by atoms with E-state index in [0.29, 0.717) is 0 Å². The standard InChI is InChI=1S/C21H14N2/c1-2-8-15(9-3-1)18-14-16-10-4-5-11-17(16)20-21(18)23-13-7-6-12-19(23)22-20/h1-14H. The highest BCUT2D eigenvalue weighted by Crippen LogP contribution is 2.35. The van der Waals surface area contributed by atoms with Crippen LogP contribution in [0.5, 0.6) is 0 Å². The van der Waals surface area contributed by atoms with Gasteiger partial charge in [-0.2, -0.15) is 0 Å². The van der Waals surface area contributed by atoms with E-state index in [1.54, 1.807) is 0 Å². The predicted octanol–water partition coefficient (Wildman–Crippen LogP) is 5.31. The smallest absolute Gasteiger partial charge is 0.137 e. The first-order chi connectivity index (χ1) is 11.4. The monoisotopic (exact) mass is 294 g/mol. The average Bonchev–Trinajstić information content (AvgIpc) is 3.02. The van der Waals surface area contributed by atoms with Crippen LogP contribution < -0.4 is 0 Å². The van der Waals surface area contributed by atoms with Gasteiger partial charge in [-0.1, -0.05) is 60.7 Å². The molecular weight excluding hydrogens is 280 g/mol. The highest BCUT2D eigenvalue weighted by molar-refractivity contribution is 6.11.